The predicted molar refractivity (Wildman–Crippen MR) is 126 cm³/mol. The fraction of sp³-hybridized carbons (Fsp3) is 0.296. The summed E-state index contributed by atoms with van der Waals surface area (Å²) in [4.78, 5) is 14.0. The summed E-state index contributed by atoms with van der Waals surface area (Å²) in [5.41, 5.74) is 2.09. The molecule has 3 aromatic rings. The first-order valence-corrected chi connectivity index (χ1v) is 11.4. The third-order valence-electron chi connectivity index (χ3n) is 6.14. The summed E-state index contributed by atoms with van der Waals surface area (Å²) < 4.78 is 26.4. The van der Waals surface area contributed by atoms with Gasteiger partial charge in [0, 0.05) is 24.9 Å². The molecule has 3 aromatic carbocycles. The summed E-state index contributed by atoms with van der Waals surface area (Å²) in [6, 6.07) is 23.8. The van der Waals surface area contributed by atoms with E-state index in [1.165, 1.54) is 12.1 Å². The van der Waals surface area contributed by atoms with Gasteiger partial charge in [0.1, 0.15) is 17.5 Å². The van der Waals surface area contributed by atoms with Crippen molar-refractivity contribution >= 4 is 17.5 Å². The van der Waals surface area contributed by atoms with Crippen LogP contribution in [0.25, 0.3) is 0 Å². The molecule has 33 heavy (non-hydrogen) atoms. The third kappa shape index (κ3) is 5.61. The fourth-order valence-electron chi connectivity index (χ4n) is 4.25. The highest BCUT2D eigenvalue weighted by atomic mass is 35.5. The molecule has 1 amide bonds. The van der Waals surface area contributed by atoms with Gasteiger partial charge in [0.25, 0.3) is 0 Å². The summed E-state index contributed by atoms with van der Waals surface area (Å²) in [6.45, 7) is 3.20. The normalized spacial score (nSPS) is 20.6. The molecular formula is C27H27ClFNO3. The Morgan fingerprint density at radius 1 is 1.00 bits per heavy atom. The van der Waals surface area contributed by atoms with Crippen LogP contribution < -0.4 is 0 Å². The Labute approximate surface area is 198 Å². The van der Waals surface area contributed by atoms with Crippen LogP contribution in [0.5, 0.6) is 0 Å². The van der Waals surface area contributed by atoms with Crippen molar-refractivity contribution in [2.45, 2.75) is 38.3 Å². The van der Waals surface area contributed by atoms with E-state index < -0.39 is 11.7 Å². The molecule has 0 radical (unpaired) electrons. The number of benzene rings is 3. The number of rotatable bonds is 7. The molecular weight excluding hydrogens is 441 g/mol. The van der Waals surface area contributed by atoms with E-state index in [0.29, 0.717) is 31.1 Å². The van der Waals surface area contributed by atoms with Crippen molar-refractivity contribution in [2.75, 3.05) is 13.1 Å². The minimum atomic E-state index is -0.771. The van der Waals surface area contributed by atoms with Crippen LogP contribution in [0.2, 0.25) is 5.02 Å². The molecule has 0 aromatic heterocycles. The van der Waals surface area contributed by atoms with Gasteiger partial charge in [0.15, 0.2) is 0 Å². The lowest BCUT2D eigenvalue weighted by Crippen LogP contribution is -2.56. The molecule has 1 aliphatic heterocycles. The molecule has 0 bridgehead atoms. The van der Waals surface area contributed by atoms with Crippen molar-refractivity contribution in [1.29, 1.82) is 0 Å². The van der Waals surface area contributed by atoms with Crippen molar-refractivity contribution in [2.24, 2.45) is 0 Å². The van der Waals surface area contributed by atoms with E-state index in [-0.39, 0.29) is 18.3 Å². The van der Waals surface area contributed by atoms with E-state index in [0.717, 1.165) is 16.7 Å². The Balaban J connectivity index is 1.66. The average Bonchev–Trinajstić information content (AvgIpc) is 2.83. The van der Waals surface area contributed by atoms with Gasteiger partial charge >= 0.3 is 0 Å². The Morgan fingerprint density at radius 3 is 2.33 bits per heavy atom. The third-order valence-corrected chi connectivity index (χ3v) is 6.39. The van der Waals surface area contributed by atoms with Gasteiger partial charge in [-0.2, -0.15) is 0 Å². The largest absolute Gasteiger partial charge is 0.368 e. The SMILES string of the molecule is CC(=O)N1CC[C@](OCc2ccccc2)(c2ccc(Cl)cc2)[C@@H](OCc2ccc(F)cc2)C1. The number of carbonyl (C=O) groups is 1. The van der Waals surface area contributed by atoms with Gasteiger partial charge in [-0.05, 0) is 41.0 Å². The quantitative estimate of drug-likeness (QED) is 0.445. The predicted octanol–water partition coefficient (Wildman–Crippen LogP) is 5.73. The van der Waals surface area contributed by atoms with Crippen LogP contribution in [0.1, 0.15) is 30.0 Å². The number of nitrogens with zero attached hydrogens (tertiary/aromatic N) is 1. The number of piperidine rings is 1. The molecule has 0 unspecified atom stereocenters. The molecule has 172 valence electrons. The van der Waals surface area contributed by atoms with Crippen LogP contribution in [0.3, 0.4) is 0 Å². The van der Waals surface area contributed by atoms with Gasteiger partial charge in [-0.15, -0.1) is 0 Å². The average molecular weight is 468 g/mol. The highest BCUT2D eigenvalue weighted by Gasteiger charge is 2.47. The zero-order valence-electron chi connectivity index (χ0n) is 18.5. The molecule has 1 fully saturated rings. The Morgan fingerprint density at radius 2 is 1.67 bits per heavy atom. The first-order chi connectivity index (χ1) is 16.0. The van der Waals surface area contributed by atoms with E-state index in [2.05, 4.69) is 0 Å². The van der Waals surface area contributed by atoms with Crippen LogP contribution in [0.15, 0.2) is 78.9 Å². The van der Waals surface area contributed by atoms with Gasteiger partial charge in [0.2, 0.25) is 5.91 Å². The van der Waals surface area contributed by atoms with Gasteiger partial charge in [-0.25, -0.2) is 4.39 Å². The molecule has 6 heteroatoms. The van der Waals surface area contributed by atoms with Crippen LogP contribution in [0, 0.1) is 5.82 Å². The molecule has 1 aliphatic rings. The number of carbonyl (C=O) groups excluding carboxylic acids is 1. The zero-order chi connectivity index (χ0) is 23.3. The first-order valence-electron chi connectivity index (χ1n) is 11.0. The van der Waals surface area contributed by atoms with E-state index >= 15 is 0 Å². The van der Waals surface area contributed by atoms with Crippen molar-refractivity contribution in [1.82, 2.24) is 4.90 Å². The lowest BCUT2D eigenvalue weighted by Gasteiger charge is -2.47. The molecule has 4 nitrogen and oxygen atoms in total. The highest BCUT2D eigenvalue weighted by molar-refractivity contribution is 6.30. The van der Waals surface area contributed by atoms with E-state index in [1.54, 1.807) is 24.0 Å². The molecule has 1 saturated heterocycles. The summed E-state index contributed by atoms with van der Waals surface area (Å²) >= 11 is 6.17. The van der Waals surface area contributed by atoms with Gasteiger partial charge < -0.3 is 14.4 Å². The minimum Gasteiger partial charge on any atom is -0.368 e. The molecule has 2 atom stereocenters. The second kappa shape index (κ2) is 10.5. The number of amides is 1. The minimum absolute atomic E-state index is 0.00172. The molecule has 0 N–H and O–H groups in total. The molecule has 1 heterocycles. The van der Waals surface area contributed by atoms with Crippen LogP contribution in [-0.4, -0.2) is 30.0 Å². The maximum Gasteiger partial charge on any atom is 0.219 e. The van der Waals surface area contributed by atoms with Crippen LogP contribution in [-0.2, 0) is 33.1 Å². The van der Waals surface area contributed by atoms with Crippen LogP contribution >= 0.6 is 11.6 Å². The van der Waals surface area contributed by atoms with Gasteiger partial charge in [-0.1, -0.05) is 66.2 Å². The summed E-state index contributed by atoms with van der Waals surface area (Å²) in [7, 11) is 0. The molecule has 0 spiro atoms. The molecule has 4 rings (SSSR count). The van der Waals surface area contributed by atoms with Crippen molar-refractivity contribution in [3.05, 3.63) is 106 Å². The lowest BCUT2D eigenvalue weighted by atomic mass is 9.81. The summed E-state index contributed by atoms with van der Waals surface area (Å²) in [6.07, 6.45) is 0.153. The first kappa shape index (κ1) is 23.4. The van der Waals surface area contributed by atoms with Crippen molar-refractivity contribution in [3.63, 3.8) is 0 Å². The number of hydrogen-bond donors (Lipinski definition) is 0. The molecule has 0 saturated carbocycles. The Bertz CT molecular complexity index is 1060. The number of hydrogen-bond acceptors (Lipinski definition) is 3. The second-order valence-corrected chi connectivity index (χ2v) is 8.75. The summed E-state index contributed by atoms with van der Waals surface area (Å²) in [5.74, 6) is -0.293. The maximum absolute atomic E-state index is 13.3. The fourth-order valence-corrected chi connectivity index (χ4v) is 4.37. The topological polar surface area (TPSA) is 38.8 Å². The Hall–Kier alpha value is -2.73. The standard InChI is InChI=1S/C27H27ClFNO3/c1-20(31)30-16-15-27(23-9-11-24(28)12-10-23,33-19-21-5-3-2-4-6-21)26(17-30)32-18-22-7-13-25(29)14-8-22/h2-14,26H,15-19H2,1H3/t26-,27-/m0/s1. The monoisotopic (exact) mass is 467 g/mol. The van der Waals surface area contributed by atoms with E-state index in [4.69, 9.17) is 21.1 Å². The van der Waals surface area contributed by atoms with Gasteiger partial charge in [0.05, 0.1) is 19.8 Å². The van der Waals surface area contributed by atoms with Crippen molar-refractivity contribution < 1.29 is 18.7 Å². The van der Waals surface area contributed by atoms with E-state index in [1.807, 2.05) is 54.6 Å². The zero-order valence-corrected chi connectivity index (χ0v) is 19.3. The molecule has 0 aliphatic carbocycles. The number of ether oxygens (including phenoxy) is 2. The Kier molecular flexibility index (Phi) is 7.43. The van der Waals surface area contributed by atoms with Gasteiger partial charge in [-0.3, -0.25) is 4.79 Å². The smallest absolute Gasteiger partial charge is 0.219 e. The second-order valence-electron chi connectivity index (χ2n) is 8.31. The number of likely N-dealkylation sites (tertiary alicyclic amines) is 1. The highest BCUT2D eigenvalue weighted by Crippen LogP contribution is 2.40. The van der Waals surface area contributed by atoms with E-state index in [9.17, 15) is 9.18 Å². The summed E-state index contributed by atoms with van der Waals surface area (Å²) in [5, 5.41) is 0.641. The van der Waals surface area contributed by atoms with Crippen molar-refractivity contribution in [3.8, 4) is 0 Å². The number of halogens is 2. The maximum atomic E-state index is 13.3. The van der Waals surface area contributed by atoms with Crippen LogP contribution in [0.4, 0.5) is 4.39 Å². The lowest BCUT2D eigenvalue weighted by molar-refractivity contribution is -0.195.